The fraction of sp³-hybridized carbons (Fsp3) is 0.304. The van der Waals surface area contributed by atoms with Crippen LogP contribution in [0.5, 0.6) is 0 Å². The Balaban J connectivity index is 1.61. The van der Waals surface area contributed by atoms with Gasteiger partial charge in [0, 0.05) is 17.8 Å². The normalized spacial score (nSPS) is 14.8. The van der Waals surface area contributed by atoms with Crippen molar-refractivity contribution in [3.05, 3.63) is 58.9 Å². The van der Waals surface area contributed by atoms with Gasteiger partial charge in [0.2, 0.25) is 0 Å². The molecule has 4 heterocycles. The van der Waals surface area contributed by atoms with Crippen LogP contribution in [0.2, 0.25) is 0 Å². The topological polar surface area (TPSA) is 122 Å². The number of halogens is 3. The third kappa shape index (κ3) is 3.33. The molecule has 0 radical (unpaired) electrons. The van der Waals surface area contributed by atoms with Crippen molar-refractivity contribution in [3.8, 4) is 11.3 Å². The molecule has 0 bridgehead atoms. The summed E-state index contributed by atoms with van der Waals surface area (Å²) in [5, 5.41) is 8.71. The highest BCUT2D eigenvalue weighted by atomic mass is 19.3. The van der Waals surface area contributed by atoms with Gasteiger partial charge in [0.05, 0.1) is 17.1 Å². The van der Waals surface area contributed by atoms with E-state index in [-0.39, 0.29) is 28.5 Å². The highest BCUT2D eigenvalue weighted by molar-refractivity contribution is 5.98. The zero-order chi connectivity index (χ0) is 25.1. The average molecular weight is 495 g/mol. The fourth-order valence-corrected chi connectivity index (χ4v) is 4.59. The SMILES string of the molecule is CCC(c1nc2cccc(F)c2c(=O)n1C1CC1)n1nc(-c2cnn(C(F)F)c2)c2c(N)ncnc21. The molecular weight excluding hydrogens is 475 g/mol. The van der Waals surface area contributed by atoms with Gasteiger partial charge in [-0.15, -0.1) is 0 Å². The van der Waals surface area contributed by atoms with Crippen molar-refractivity contribution in [2.45, 2.75) is 44.8 Å². The maximum Gasteiger partial charge on any atom is 0.333 e. The molecule has 13 heteroatoms. The van der Waals surface area contributed by atoms with Crippen molar-refractivity contribution in [2.75, 3.05) is 5.73 Å². The molecule has 184 valence electrons. The third-order valence-electron chi connectivity index (χ3n) is 6.39. The van der Waals surface area contributed by atoms with Crippen molar-refractivity contribution in [2.24, 2.45) is 0 Å². The zero-order valence-corrected chi connectivity index (χ0v) is 19.0. The van der Waals surface area contributed by atoms with Crippen molar-refractivity contribution in [3.63, 3.8) is 0 Å². The van der Waals surface area contributed by atoms with Crippen molar-refractivity contribution < 1.29 is 13.2 Å². The molecule has 1 fully saturated rings. The summed E-state index contributed by atoms with van der Waals surface area (Å²) in [5.74, 6) is -0.0871. The molecule has 0 saturated heterocycles. The highest BCUT2D eigenvalue weighted by Crippen LogP contribution is 2.39. The minimum absolute atomic E-state index is 0.0556. The Kier molecular flexibility index (Phi) is 5.02. The molecule has 0 aliphatic heterocycles. The number of hydrogen-bond donors (Lipinski definition) is 1. The Morgan fingerprint density at radius 2 is 2.00 bits per heavy atom. The van der Waals surface area contributed by atoms with Crippen LogP contribution in [0.4, 0.5) is 19.0 Å². The van der Waals surface area contributed by atoms with Gasteiger partial charge in [-0.25, -0.2) is 28.7 Å². The van der Waals surface area contributed by atoms with E-state index in [1.165, 1.54) is 30.9 Å². The minimum Gasteiger partial charge on any atom is -0.383 e. The molecule has 1 unspecified atom stereocenters. The number of nitrogens with two attached hydrogens (primary N) is 1. The summed E-state index contributed by atoms with van der Waals surface area (Å²) in [6.07, 6.45) is 5.72. The summed E-state index contributed by atoms with van der Waals surface area (Å²) in [6, 6.07) is 3.67. The average Bonchev–Trinajstić information content (AvgIpc) is 3.42. The molecule has 36 heavy (non-hydrogen) atoms. The van der Waals surface area contributed by atoms with E-state index in [0.29, 0.717) is 33.5 Å². The van der Waals surface area contributed by atoms with Gasteiger partial charge >= 0.3 is 6.55 Å². The molecule has 1 aliphatic carbocycles. The van der Waals surface area contributed by atoms with Gasteiger partial charge in [0.25, 0.3) is 5.56 Å². The second-order valence-electron chi connectivity index (χ2n) is 8.67. The lowest BCUT2D eigenvalue weighted by Crippen LogP contribution is -2.29. The second kappa shape index (κ2) is 8.14. The van der Waals surface area contributed by atoms with E-state index in [1.54, 1.807) is 15.3 Å². The number of alkyl halides is 2. The summed E-state index contributed by atoms with van der Waals surface area (Å²) in [5.41, 5.74) is 6.90. The highest BCUT2D eigenvalue weighted by Gasteiger charge is 2.33. The third-order valence-corrected chi connectivity index (χ3v) is 6.39. The van der Waals surface area contributed by atoms with E-state index in [9.17, 15) is 18.0 Å². The van der Waals surface area contributed by atoms with E-state index >= 15 is 0 Å². The first kappa shape index (κ1) is 22.2. The predicted molar refractivity (Wildman–Crippen MR) is 125 cm³/mol. The maximum atomic E-state index is 14.6. The van der Waals surface area contributed by atoms with Crippen molar-refractivity contribution in [1.82, 2.24) is 39.1 Å². The van der Waals surface area contributed by atoms with Crippen molar-refractivity contribution >= 4 is 27.8 Å². The summed E-state index contributed by atoms with van der Waals surface area (Å²) < 4.78 is 44.6. The smallest absolute Gasteiger partial charge is 0.333 e. The molecule has 1 atom stereocenters. The molecule has 1 aliphatic rings. The Hall–Kier alpha value is -4.29. The molecular formula is C23H20F3N9O. The summed E-state index contributed by atoms with van der Waals surface area (Å²) >= 11 is 0. The van der Waals surface area contributed by atoms with Gasteiger partial charge in [-0.3, -0.25) is 9.36 Å². The first-order valence-electron chi connectivity index (χ1n) is 11.4. The minimum atomic E-state index is -2.82. The van der Waals surface area contributed by atoms with Crippen LogP contribution in [-0.4, -0.2) is 39.1 Å². The molecule has 0 spiro atoms. The van der Waals surface area contributed by atoms with Gasteiger partial charge in [-0.2, -0.15) is 19.0 Å². The van der Waals surface area contributed by atoms with Crippen LogP contribution in [0.1, 0.15) is 50.6 Å². The van der Waals surface area contributed by atoms with Crippen LogP contribution >= 0.6 is 0 Å². The Morgan fingerprint density at radius 1 is 1.19 bits per heavy atom. The Bertz CT molecular complexity index is 1690. The van der Waals surface area contributed by atoms with Crippen LogP contribution in [0, 0.1) is 5.82 Å². The number of nitrogens with zero attached hydrogens (tertiary/aromatic N) is 8. The molecule has 0 amide bonds. The zero-order valence-electron chi connectivity index (χ0n) is 19.0. The first-order chi connectivity index (χ1) is 17.4. The first-order valence-corrected chi connectivity index (χ1v) is 11.4. The van der Waals surface area contributed by atoms with E-state index in [4.69, 9.17) is 15.8 Å². The molecule has 6 rings (SSSR count). The van der Waals surface area contributed by atoms with Crippen LogP contribution in [-0.2, 0) is 0 Å². The summed E-state index contributed by atoms with van der Waals surface area (Å²) in [7, 11) is 0. The number of rotatable bonds is 6. The lowest BCUT2D eigenvalue weighted by Gasteiger charge is -2.21. The number of anilines is 1. The molecule has 10 nitrogen and oxygen atoms in total. The molecule has 1 saturated carbocycles. The van der Waals surface area contributed by atoms with Crippen LogP contribution in [0.25, 0.3) is 33.2 Å². The predicted octanol–water partition coefficient (Wildman–Crippen LogP) is 3.85. The number of benzene rings is 1. The van der Waals surface area contributed by atoms with E-state index in [1.807, 2.05) is 6.92 Å². The van der Waals surface area contributed by atoms with Gasteiger partial charge in [0.1, 0.15) is 40.9 Å². The van der Waals surface area contributed by atoms with Gasteiger partial charge in [-0.05, 0) is 31.4 Å². The largest absolute Gasteiger partial charge is 0.383 e. The lowest BCUT2D eigenvalue weighted by atomic mass is 10.1. The van der Waals surface area contributed by atoms with Crippen LogP contribution < -0.4 is 11.3 Å². The quantitative estimate of drug-likeness (QED) is 0.380. The monoisotopic (exact) mass is 495 g/mol. The van der Waals surface area contributed by atoms with Gasteiger partial charge in [-0.1, -0.05) is 13.0 Å². The number of fused-ring (bicyclic) bond motifs is 2. The molecule has 2 N–H and O–H groups in total. The molecule has 5 aromatic rings. The standard InChI is InChI=1S/C23H20F3N9O/c1-2-15(20-31-14-5-3-4-13(24)16(14)22(36)34(20)12-6-7-12)35-21-17(19(27)28-10-29-21)18(32-35)11-8-30-33(9-11)23(25)26/h3-5,8-10,12,15,23H,2,6-7H2,1H3,(H2,27,28,29). The van der Waals surface area contributed by atoms with E-state index < -0.39 is 24.0 Å². The maximum absolute atomic E-state index is 14.6. The lowest BCUT2D eigenvalue weighted by molar-refractivity contribution is 0.0566. The molecule has 1 aromatic carbocycles. The van der Waals surface area contributed by atoms with Crippen LogP contribution in [0.15, 0.2) is 41.7 Å². The Morgan fingerprint density at radius 3 is 2.69 bits per heavy atom. The van der Waals surface area contributed by atoms with Gasteiger partial charge in [0.15, 0.2) is 5.65 Å². The van der Waals surface area contributed by atoms with Crippen LogP contribution in [0.3, 0.4) is 0 Å². The fourth-order valence-electron chi connectivity index (χ4n) is 4.59. The number of hydrogen-bond acceptors (Lipinski definition) is 7. The summed E-state index contributed by atoms with van der Waals surface area (Å²) in [6.45, 7) is -0.921. The summed E-state index contributed by atoms with van der Waals surface area (Å²) in [4.78, 5) is 26.6. The van der Waals surface area contributed by atoms with Crippen molar-refractivity contribution in [1.29, 1.82) is 0 Å². The Labute approximate surface area is 201 Å². The van der Waals surface area contributed by atoms with Gasteiger partial charge < -0.3 is 5.73 Å². The van der Waals surface area contributed by atoms with E-state index in [2.05, 4.69) is 15.1 Å². The van der Waals surface area contributed by atoms with E-state index in [0.717, 1.165) is 12.8 Å². The molecule has 4 aromatic heterocycles. The second-order valence-corrected chi connectivity index (χ2v) is 8.67. The number of aromatic nitrogens is 8. The number of nitrogen functional groups attached to an aromatic ring is 1.